The minimum atomic E-state index is -0.341. The second kappa shape index (κ2) is 5.98. The van der Waals surface area contributed by atoms with E-state index in [4.69, 9.17) is 11.6 Å². The summed E-state index contributed by atoms with van der Waals surface area (Å²) in [6.45, 7) is 2.51. The number of hydrogen-bond acceptors (Lipinski definition) is 1. The van der Waals surface area contributed by atoms with Crippen LogP contribution < -0.4 is 5.32 Å². The van der Waals surface area contributed by atoms with Crippen molar-refractivity contribution in [1.29, 1.82) is 0 Å². The summed E-state index contributed by atoms with van der Waals surface area (Å²) in [5.74, 6) is -0.341. The number of halogens is 2. The third-order valence-corrected chi connectivity index (χ3v) is 3.22. The molecule has 2 aromatic carbocycles. The molecule has 0 saturated carbocycles. The first kappa shape index (κ1) is 13.1. The van der Waals surface area contributed by atoms with E-state index in [0.29, 0.717) is 12.1 Å². The Morgan fingerprint density at radius 2 is 1.83 bits per heavy atom. The van der Waals surface area contributed by atoms with E-state index in [1.165, 1.54) is 5.56 Å². The average molecular weight is 264 g/mol. The molecule has 1 nitrogen and oxygen atoms in total. The molecule has 0 aromatic heterocycles. The minimum Gasteiger partial charge on any atom is -0.306 e. The zero-order chi connectivity index (χ0) is 13.0. The lowest BCUT2D eigenvalue weighted by atomic mass is 10.1. The third kappa shape index (κ3) is 3.09. The van der Waals surface area contributed by atoms with Crippen LogP contribution in [0.3, 0.4) is 0 Å². The Hall–Kier alpha value is -1.38. The van der Waals surface area contributed by atoms with Crippen LogP contribution in [0.25, 0.3) is 0 Å². The fraction of sp³-hybridized carbons (Fsp3) is 0.200. The maximum Gasteiger partial charge on any atom is 0.146 e. The van der Waals surface area contributed by atoms with Crippen LogP contribution in [0.2, 0.25) is 5.02 Å². The number of rotatable bonds is 4. The van der Waals surface area contributed by atoms with Gasteiger partial charge in [-0.2, -0.15) is 0 Å². The summed E-state index contributed by atoms with van der Waals surface area (Å²) >= 11 is 5.74. The second-order valence-corrected chi connectivity index (χ2v) is 4.63. The highest BCUT2D eigenvalue weighted by molar-refractivity contribution is 6.30. The Bertz CT molecular complexity index is 513. The molecule has 0 saturated heterocycles. The first-order valence-corrected chi connectivity index (χ1v) is 6.27. The smallest absolute Gasteiger partial charge is 0.146 e. The molecule has 1 N–H and O–H groups in total. The SMILES string of the molecule is C[C@H](NCc1cccc(Cl)c1F)c1ccccc1. The van der Waals surface area contributed by atoms with Crippen LogP contribution in [0, 0.1) is 5.82 Å². The van der Waals surface area contributed by atoms with Gasteiger partial charge < -0.3 is 5.32 Å². The van der Waals surface area contributed by atoms with Gasteiger partial charge in [-0.1, -0.05) is 54.1 Å². The molecule has 3 heteroatoms. The van der Waals surface area contributed by atoms with Crippen LogP contribution in [0.4, 0.5) is 4.39 Å². The van der Waals surface area contributed by atoms with Crippen molar-refractivity contribution in [3.63, 3.8) is 0 Å². The molecule has 0 heterocycles. The molecule has 2 aromatic rings. The molecule has 0 bridgehead atoms. The highest BCUT2D eigenvalue weighted by Gasteiger charge is 2.08. The predicted molar refractivity (Wildman–Crippen MR) is 73.1 cm³/mol. The summed E-state index contributed by atoms with van der Waals surface area (Å²) in [6.07, 6.45) is 0. The van der Waals surface area contributed by atoms with Gasteiger partial charge in [0, 0.05) is 18.2 Å². The van der Waals surface area contributed by atoms with Crippen molar-refractivity contribution in [3.05, 3.63) is 70.5 Å². The largest absolute Gasteiger partial charge is 0.306 e. The van der Waals surface area contributed by atoms with Gasteiger partial charge in [-0.15, -0.1) is 0 Å². The number of benzene rings is 2. The van der Waals surface area contributed by atoms with Crippen molar-refractivity contribution in [2.24, 2.45) is 0 Å². The standard InChI is InChI=1S/C15H15ClFN/c1-11(12-6-3-2-4-7-12)18-10-13-8-5-9-14(16)15(13)17/h2-9,11,18H,10H2,1H3/t11-/m0/s1. The van der Waals surface area contributed by atoms with Gasteiger partial charge in [-0.3, -0.25) is 0 Å². The maximum absolute atomic E-state index is 13.7. The topological polar surface area (TPSA) is 12.0 Å². The lowest BCUT2D eigenvalue weighted by Crippen LogP contribution is -2.18. The van der Waals surface area contributed by atoms with E-state index in [9.17, 15) is 4.39 Å². The van der Waals surface area contributed by atoms with Gasteiger partial charge >= 0.3 is 0 Å². The molecule has 94 valence electrons. The number of hydrogen-bond donors (Lipinski definition) is 1. The lowest BCUT2D eigenvalue weighted by Gasteiger charge is -2.14. The van der Waals surface area contributed by atoms with E-state index in [1.807, 2.05) is 30.3 Å². The summed E-state index contributed by atoms with van der Waals surface area (Å²) in [5.41, 5.74) is 1.77. The van der Waals surface area contributed by atoms with Gasteiger partial charge in [0.15, 0.2) is 0 Å². The number of nitrogens with one attached hydrogen (secondary N) is 1. The molecule has 0 aliphatic carbocycles. The van der Waals surface area contributed by atoms with Crippen molar-refractivity contribution in [2.75, 3.05) is 0 Å². The van der Waals surface area contributed by atoms with Crippen LogP contribution >= 0.6 is 11.6 Å². The maximum atomic E-state index is 13.7. The monoisotopic (exact) mass is 263 g/mol. The molecule has 0 aliphatic rings. The van der Waals surface area contributed by atoms with E-state index in [-0.39, 0.29) is 16.9 Å². The van der Waals surface area contributed by atoms with Gasteiger partial charge in [0.2, 0.25) is 0 Å². The van der Waals surface area contributed by atoms with Crippen molar-refractivity contribution in [2.45, 2.75) is 19.5 Å². The summed E-state index contributed by atoms with van der Waals surface area (Å²) in [4.78, 5) is 0. The first-order chi connectivity index (χ1) is 8.68. The first-order valence-electron chi connectivity index (χ1n) is 5.89. The molecule has 1 atom stereocenters. The molecular formula is C15H15ClFN. The Labute approximate surface area is 112 Å². The van der Waals surface area contributed by atoms with Gasteiger partial charge in [-0.05, 0) is 18.6 Å². The molecule has 0 amide bonds. The molecule has 2 rings (SSSR count). The quantitative estimate of drug-likeness (QED) is 0.866. The Kier molecular flexibility index (Phi) is 4.34. The fourth-order valence-electron chi connectivity index (χ4n) is 1.81. The normalized spacial score (nSPS) is 12.4. The molecule has 0 unspecified atom stereocenters. The van der Waals surface area contributed by atoms with Crippen molar-refractivity contribution >= 4 is 11.6 Å². The Balaban J connectivity index is 2.02. The lowest BCUT2D eigenvalue weighted by molar-refractivity contribution is 0.544. The van der Waals surface area contributed by atoms with Crippen LogP contribution in [0.1, 0.15) is 24.1 Å². The van der Waals surface area contributed by atoms with Crippen LogP contribution in [0.5, 0.6) is 0 Å². The highest BCUT2D eigenvalue weighted by atomic mass is 35.5. The minimum absolute atomic E-state index is 0.168. The predicted octanol–water partition coefficient (Wildman–Crippen LogP) is 4.33. The van der Waals surface area contributed by atoms with Gasteiger partial charge in [-0.25, -0.2) is 4.39 Å². The molecule has 0 fully saturated rings. The Morgan fingerprint density at radius 3 is 2.56 bits per heavy atom. The van der Waals surface area contributed by atoms with Gasteiger partial charge in [0.25, 0.3) is 0 Å². The summed E-state index contributed by atoms with van der Waals surface area (Å²) in [6, 6.07) is 15.3. The van der Waals surface area contributed by atoms with E-state index >= 15 is 0 Å². The summed E-state index contributed by atoms with van der Waals surface area (Å²) in [7, 11) is 0. The van der Waals surface area contributed by atoms with Gasteiger partial charge in [0.1, 0.15) is 5.82 Å². The average Bonchev–Trinajstić information content (AvgIpc) is 2.41. The molecule has 0 radical (unpaired) electrons. The fourth-order valence-corrected chi connectivity index (χ4v) is 2.00. The van der Waals surface area contributed by atoms with E-state index in [0.717, 1.165) is 0 Å². The Morgan fingerprint density at radius 1 is 1.11 bits per heavy atom. The summed E-state index contributed by atoms with van der Waals surface area (Å²) in [5, 5.41) is 3.45. The van der Waals surface area contributed by atoms with E-state index < -0.39 is 0 Å². The second-order valence-electron chi connectivity index (χ2n) is 4.23. The van der Waals surface area contributed by atoms with Crippen LogP contribution in [-0.4, -0.2) is 0 Å². The zero-order valence-electron chi connectivity index (χ0n) is 10.2. The van der Waals surface area contributed by atoms with Crippen molar-refractivity contribution in [1.82, 2.24) is 5.32 Å². The van der Waals surface area contributed by atoms with Crippen molar-refractivity contribution in [3.8, 4) is 0 Å². The van der Waals surface area contributed by atoms with Crippen LogP contribution in [0.15, 0.2) is 48.5 Å². The molecular weight excluding hydrogens is 249 g/mol. The highest BCUT2D eigenvalue weighted by Crippen LogP contribution is 2.19. The van der Waals surface area contributed by atoms with Crippen LogP contribution in [-0.2, 0) is 6.54 Å². The van der Waals surface area contributed by atoms with E-state index in [1.54, 1.807) is 18.2 Å². The molecule has 0 spiro atoms. The summed E-state index contributed by atoms with van der Waals surface area (Å²) < 4.78 is 13.7. The molecule has 0 aliphatic heterocycles. The molecule has 18 heavy (non-hydrogen) atoms. The van der Waals surface area contributed by atoms with Gasteiger partial charge in [0.05, 0.1) is 5.02 Å². The van der Waals surface area contributed by atoms with Crippen molar-refractivity contribution < 1.29 is 4.39 Å². The zero-order valence-corrected chi connectivity index (χ0v) is 10.9. The third-order valence-electron chi connectivity index (χ3n) is 2.93. The van der Waals surface area contributed by atoms with E-state index in [2.05, 4.69) is 12.2 Å².